The molecule has 4 heterocycles. The maximum atomic E-state index is 13.4. The predicted octanol–water partition coefficient (Wildman–Crippen LogP) is 3.82. The maximum absolute atomic E-state index is 13.4. The Kier molecular flexibility index (Phi) is 4.97. The molecule has 156 valence electrons. The van der Waals surface area contributed by atoms with E-state index in [0.29, 0.717) is 23.3 Å². The minimum atomic E-state index is -2.74. The molecule has 4 rings (SSSR count). The van der Waals surface area contributed by atoms with Crippen molar-refractivity contribution in [2.45, 2.75) is 52.7 Å². The molecule has 0 unspecified atom stereocenters. The van der Waals surface area contributed by atoms with E-state index in [9.17, 15) is 13.6 Å². The highest BCUT2D eigenvalue weighted by Gasteiger charge is 2.49. The van der Waals surface area contributed by atoms with Gasteiger partial charge < -0.3 is 9.64 Å². The first-order valence-corrected chi connectivity index (χ1v) is 9.88. The zero-order chi connectivity index (χ0) is 21.6. The molecule has 0 aliphatic carbocycles. The van der Waals surface area contributed by atoms with Crippen LogP contribution in [-0.2, 0) is 4.79 Å². The van der Waals surface area contributed by atoms with E-state index in [-0.39, 0.29) is 18.7 Å². The predicted molar refractivity (Wildman–Crippen MR) is 107 cm³/mol. The minimum Gasteiger partial charge on any atom is -0.487 e. The van der Waals surface area contributed by atoms with Crippen LogP contribution < -0.4 is 4.74 Å². The summed E-state index contributed by atoms with van der Waals surface area (Å²) in [5.74, 6) is 6.24. The first-order chi connectivity index (χ1) is 14.2. The van der Waals surface area contributed by atoms with E-state index in [1.165, 1.54) is 18.7 Å². The summed E-state index contributed by atoms with van der Waals surface area (Å²) in [4.78, 5) is 23.1. The van der Waals surface area contributed by atoms with Crippen molar-refractivity contribution >= 4 is 5.91 Å². The molecule has 7 heteroatoms. The van der Waals surface area contributed by atoms with E-state index in [1.807, 2.05) is 26.0 Å². The van der Waals surface area contributed by atoms with Gasteiger partial charge in [-0.1, -0.05) is 11.8 Å². The zero-order valence-electron chi connectivity index (χ0n) is 17.4. The zero-order valence-corrected chi connectivity index (χ0v) is 17.4. The van der Waals surface area contributed by atoms with E-state index in [2.05, 4.69) is 21.8 Å². The number of aromatic nitrogens is 2. The monoisotopic (exact) mass is 411 g/mol. The van der Waals surface area contributed by atoms with Crippen LogP contribution in [0.2, 0.25) is 0 Å². The van der Waals surface area contributed by atoms with Crippen molar-refractivity contribution in [3.8, 4) is 17.6 Å². The van der Waals surface area contributed by atoms with Crippen LogP contribution in [0.15, 0.2) is 24.5 Å². The summed E-state index contributed by atoms with van der Waals surface area (Å²) in [5.41, 5.74) is 2.16. The fourth-order valence-corrected chi connectivity index (χ4v) is 3.91. The molecule has 1 saturated heterocycles. The Balaban J connectivity index is 1.68. The number of nitrogens with zero attached hydrogens (tertiary/aromatic N) is 3. The second-order valence-electron chi connectivity index (χ2n) is 8.41. The molecule has 2 aromatic rings. The van der Waals surface area contributed by atoms with Gasteiger partial charge in [0.25, 0.3) is 6.43 Å². The van der Waals surface area contributed by atoms with E-state index in [4.69, 9.17) is 4.74 Å². The first kappa shape index (κ1) is 20.3. The average molecular weight is 411 g/mol. The lowest BCUT2D eigenvalue weighted by Crippen LogP contribution is -2.44. The van der Waals surface area contributed by atoms with Gasteiger partial charge in [-0.25, -0.2) is 8.78 Å². The van der Waals surface area contributed by atoms with Gasteiger partial charge >= 0.3 is 0 Å². The molecule has 1 amide bonds. The first-order valence-electron chi connectivity index (χ1n) is 9.88. The number of carbonyl (C=O) groups is 1. The Morgan fingerprint density at radius 1 is 1.23 bits per heavy atom. The molecule has 5 nitrogen and oxygen atoms in total. The SMILES string of the molecule is Cc1ccc(C#Cc2cncc3c2O[C@H]2C[C@@H]3N(C(=O)C(C)(C)C(F)F)C2)c(C)n1. The van der Waals surface area contributed by atoms with Crippen molar-refractivity contribution in [3.05, 3.63) is 52.6 Å². The Hall–Kier alpha value is -3.01. The Labute approximate surface area is 174 Å². The fraction of sp³-hybridized carbons (Fsp3) is 0.435. The van der Waals surface area contributed by atoms with Crippen molar-refractivity contribution in [2.75, 3.05) is 6.54 Å². The highest BCUT2D eigenvalue weighted by atomic mass is 19.3. The molecule has 0 N–H and O–H groups in total. The summed E-state index contributed by atoms with van der Waals surface area (Å²) in [6.07, 6.45) is 0.847. The van der Waals surface area contributed by atoms with Crippen LogP contribution >= 0.6 is 0 Å². The molecular weight excluding hydrogens is 388 g/mol. The van der Waals surface area contributed by atoms with Crippen molar-refractivity contribution in [2.24, 2.45) is 5.41 Å². The second-order valence-corrected chi connectivity index (χ2v) is 8.41. The van der Waals surface area contributed by atoms with Crippen LogP contribution in [-0.4, -0.2) is 39.8 Å². The second kappa shape index (κ2) is 7.35. The van der Waals surface area contributed by atoms with Crippen LogP contribution in [0.1, 0.15) is 54.4 Å². The number of hydrogen-bond acceptors (Lipinski definition) is 4. The van der Waals surface area contributed by atoms with E-state index in [1.54, 1.807) is 12.4 Å². The largest absolute Gasteiger partial charge is 0.487 e. The van der Waals surface area contributed by atoms with Crippen LogP contribution in [0.25, 0.3) is 0 Å². The molecule has 2 atom stereocenters. The Morgan fingerprint density at radius 3 is 2.67 bits per heavy atom. The van der Waals surface area contributed by atoms with E-state index >= 15 is 0 Å². The van der Waals surface area contributed by atoms with Crippen molar-refractivity contribution in [1.29, 1.82) is 0 Å². The van der Waals surface area contributed by atoms with Crippen LogP contribution in [0, 0.1) is 31.1 Å². The quantitative estimate of drug-likeness (QED) is 0.705. The number of rotatable bonds is 2. The minimum absolute atomic E-state index is 0.245. The van der Waals surface area contributed by atoms with E-state index < -0.39 is 17.7 Å². The molecule has 30 heavy (non-hydrogen) atoms. The van der Waals surface area contributed by atoms with Gasteiger partial charge in [0.2, 0.25) is 5.91 Å². The highest BCUT2D eigenvalue weighted by Crippen LogP contribution is 2.46. The average Bonchev–Trinajstić information content (AvgIpc) is 3.04. The number of pyridine rings is 2. The molecule has 2 aromatic heterocycles. The number of hydrogen-bond donors (Lipinski definition) is 0. The smallest absolute Gasteiger partial charge is 0.252 e. The van der Waals surface area contributed by atoms with Gasteiger partial charge in [0.15, 0.2) is 0 Å². The third-order valence-corrected chi connectivity index (χ3v) is 5.74. The van der Waals surface area contributed by atoms with Crippen LogP contribution in [0.4, 0.5) is 8.78 Å². The van der Waals surface area contributed by atoms with Crippen molar-refractivity contribution < 1.29 is 18.3 Å². The maximum Gasteiger partial charge on any atom is 0.252 e. The summed E-state index contributed by atoms with van der Waals surface area (Å²) >= 11 is 0. The van der Waals surface area contributed by atoms with Gasteiger partial charge in [-0.2, -0.15) is 0 Å². The number of halogens is 2. The molecule has 2 aliphatic rings. The Morgan fingerprint density at radius 2 is 1.97 bits per heavy atom. The number of carbonyl (C=O) groups excluding carboxylic acids is 1. The van der Waals surface area contributed by atoms with Crippen LogP contribution in [0.3, 0.4) is 0 Å². The van der Waals surface area contributed by atoms with Crippen molar-refractivity contribution in [3.63, 3.8) is 0 Å². The number of aryl methyl sites for hydroxylation is 2. The van der Waals surface area contributed by atoms with Gasteiger partial charge in [0, 0.05) is 35.6 Å². The number of likely N-dealkylation sites (tertiary alicyclic amines) is 1. The summed E-state index contributed by atoms with van der Waals surface area (Å²) < 4.78 is 33.0. The topological polar surface area (TPSA) is 55.3 Å². The number of ether oxygens (including phenoxy) is 1. The molecule has 1 fully saturated rings. The fourth-order valence-electron chi connectivity index (χ4n) is 3.91. The molecule has 2 aliphatic heterocycles. The lowest BCUT2D eigenvalue weighted by Gasteiger charge is -2.32. The van der Waals surface area contributed by atoms with Gasteiger partial charge in [0.05, 0.1) is 23.8 Å². The number of fused-ring (bicyclic) bond motifs is 4. The van der Waals surface area contributed by atoms with Crippen LogP contribution in [0.5, 0.6) is 5.75 Å². The molecule has 0 radical (unpaired) electrons. The third kappa shape index (κ3) is 3.41. The van der Waals surface area contributed by atoms with Crippen molar-refractivity contribution in [1.82, 2.24) is 14.9 Å². The van der Waals surface area contributed by atoms with E-state index in [0.717, 1.165) is 17.0 Å². The van der Waals surface area contributed by atoms with Gasteiger partial charge in [-0.3, -0.25) is 14.8 Å². The molecule has 0 spiro atoms. The summed E-state index contributed by atoms with van der Waals surface area (Å²) in [7, 11) is 0. The summed E-state index contributed by atoms with van der Waals surface area (Å²) in [6, 6.07) is 3.49. The summed E-state index contributed by atoms with van der Waals surface area (Å²) in [6.45, 7) is 6.67. The van der Waals surface area contributed by atoms with Gasteiger partial charge in [-0.05, 0) is 39.8 Å². The summed E-state index contributed by atoms with van der Waals surface area (Å²) in [5, 5.41) is 0. The number of amides is 1. The standard InChI is InChI=1S/C23H23F2N3O2/c1-13-5-6-15(14(2)27-13)7-8-16-10-26-11-18-19-9-17(30-20(16)18)12-28(19)22(29)23(3,4)21(24)25/h5-6,10-11,17,19,21H,9,12H2,1-4H3/t17-,19-/m0/s1. The lowest BCUT2D eigenvalue weighted by atomic mass is 9.91. The normalized spacial score (nSPS) is 19.8. The lowest BCUT2D eigenvalue weighted by molar-refractivity contribution is -0.149. The highest BCUT2D eigenvalue weighted by molar-refractivity contribution is 5.83. The molecule has 0 saturated carbocycles. The molecule has 0 aromatic carbocycles. The molecule has 2 bridgehead atoms. The third-order valence-electron chi connectivity index (χ3n) is 5.74. The van der Waals surface area contributed by atoms with Gasteiger partial charge in [0.1, 0.15) is 17.3 Å². The molecular formula is C23H23F2N3O2. The Bertz CT molecular complexity index is 1070. The number of alkyl halides is 2. The van der Waals surface area contributed by atoms with Gasteiger partial charge in [-0.15, -0.1) is 0 Å².